The predicted molar refractivity (Wildman–Crippen MR) is 80.8 cm³/mol. The van der Waals surface area contributed by atoms with Crippen LogP contribution in [0.15, 0.2) is 28.7 Å². The molecule has 4 heteroatoms. The zero-order chi connectivity index (χ0) is 13.7. The molecule has 1 aliphatic heterocycles. The largest absolute Gasteiger partial charge is 0.352 e. The molecule has 1 atom stereocenters. The van der Waals surface area contributed by atoms with E-state index in [1.165, 1.54) is 0 Å². The van der Waals surface area contributed by atoms with Gasteiger partial charge in [0, 0.05) is 17.6 Å². The molecule has 1 amide bonds. The highest BCUT2D eigenvalue weighted by Crippen LogP contribution is 2.30. The molecular weight excluding hydrogens is 304 g/mol. The van der Waals surface area contributed by atoms with E-state index in [2.05, 4.69) is 33.5 Å². The summed E-state index contributed by atoms with van der Waals surface area (Å²) in [4.78, 5) is 12.4. The van der Waals surface area contributed by atoms with Crippen LogP contribution in [0.1, 0.15) is 31.7 Å². The zero-order valence-corrected chi connectivity index (χ0v) is 12.9. The first-order valence-corrected chi connectivity index (χ1v) is 7.69. The molecule has 2 N–H and O–H groups in total. The van der Waals surface area contributed by atoms with E-state index in [1.54, 1.807) is 0 Å². The van der Waals surface area contributed by atoms with Crippen LogP contribution in [0.5, 0.6) is 0 Å². The molecule has 3 nitrogen and oxygen atoms in total. The quantitative estimate of drug-likeness (QED) is 0.894. The Morgan fingerprint density at radius 3 is 2.74 bits per heavy atom. The Kier molecular flexibility index (Phi) is 4.99. The number of carbonyl (C=O) groups excluding carboxylic acids is 1. The van der Waals surface area contributed by atoms with E-state index < -0.39 is 0 Å². The summed E-state index contributed by atoms with van der Waals surface area (Å²) >= 11 is 3.41. The van der Waals surface area contributed by atoms with Crippen molar-refractivity contribution in [3.8, 4) is 0 Å². The summed E-state index contributed by atoms with van der Waals surface area (Å²) in [7, 11) is 0. The maximum Gasteiger partial charge on any atom is 0.227 e. The highest BCUT2D eigenvalue weighted by molar-refractivity contribution is 9.10. The lowest BCUT2D eigenvalue weighted by Gasteiger charge is -2.35. The van der Waals surface area contributed by atoms with Gasteiger partial charge in [0.15, 0.2) is 0 Å². The summed E-state index contributed by atoms with van der Waals surface area (Å²) in [5.74, 6) is 0.185. The minimum absolute atomic E-state index is 0.185. The third-order valence-corrected chi connectivity index (χ3v) is 4.53. The van der Waals surface area contributed by atoms with Crippen LogP contribution in [0.25, 0.3) is 0 Å². The molecule has 1 fully saturated rings. The smallest absolute Gasteiger partial charge is 0.227 e. The van der Waals surface area contributed by atoms with Crippen LogP contribution in [-0.4, -0.2) is 19.0 Å². The van der Waals surface area contributed by atoms with Crippen molar-refractivity contribution < 1.29 is 4.79 Å². The van der Waals surface area contributed by atoms with Crippen LogP contribution >= 0.6 is 15.9 Å². The van der Waals surface area contributed by atoms with E-state index in [4.69, 9.17) is 0 Å². The lowest BCUT2D eigenvalue weighted by atomic mass is 9.77. The van der Waals surface area contributed by atoms with E-state index in [9.17, 15) is 4.79 Å². The molecule has 0 aliphatic carbocycles. The van der Waals surface area contributed by atoms with Crippen LogP contribution < -0.4 is 10.6 Å². The van der Waals surface area contributed by atoms with Crippen LogP contribution in [0.4, 0.5) is 0 Å². The number of hydrogen-bond donors (Lipinski definition) is 2. The molecule has 1 aromatic rings. The van der Waals surface area contributed by atoms with Crippen LogP contribution in [-0.2, 0) is 11.3 Å². The molecule has 2 rings (SSSR count). The van der Waals surface area contributed by atoms with Crippen LogP contribution in [0.3, 0.4) is 0 Å². The lowest BCUT2D eigenvalue weighted by Crippen LogP contribution is -2.50. The molecule has 1 heterocycles. The zero-order valence-electron chi connectivity index (χ0n) is 11.3. The van der Waals surface area contributed by atoms with Gasteiger partial charge in [-0.3, -0.25) is 4.79 Å². The maximum absolute atomic E-state index is 12.4. The van der Waals surface area contributed by atoms with E-state index in [0.29, 0.717) is 6.54 Å². The molecule has 0 saturated carbocycles. The Morgan fingerprint density at radius 1 is 1.42 bits per heavy atom. The fourth-order valence-corrected chi connectivity index (χ4v) is 2.86. The van der Waals surface area contributed by atoms with Gasteiger partial charge in [0.05, 0.1) is 5.41 Å². The van der Waals surface area contributed by atoms with Gasteiger partial charge < -0.3 is 10.6 Å². The van der Waals surface area contributed by atoms with Crippen molar-refractivity contribution >= 4 is 21.8 Å². The van der Waals surface area contributed by atoms with Crippen molar-refractivity contribution in [3.05, 3.63) is 34.3 Å². The Labute approximate surface area is 123 Å². The summed E-state index contributed by atoms with van der Waals surface area (Å²) in [5.41, 5.74) is 0.916. The summed E-state index contributed by atoms with van der Waals surface area (Å²) < 4.78 is 1.06. The van der Waals surface area contributed by atoms with Crippen LogP contribution in [0, 0.1) is 5.41 Å². The van der Waals surface area contributed by atoms with Gasteiger partial charge in [0.1, 0.15) is 0 Å². The molecule has 19 heavy (non-hydrogen) atoms. The Bertz CT molecular complexity index is 424. The number of nitrogens with one attached hydrogen (secondary N) is 2. The SMILES string of the molecule is CCC1(C(=O)NCc2ccc(Br)cc2)CCCNC1. The van der Waals surface area contributed by atoms with Crippen molar-refractivity contribution in [1.82, 2.24) is 10.6 Å². The fraction of sp³-hybridized carbons (Fsp3) is 0.533. The normalized spacial score (nSPS) is 23.1. The van der Waals surface area contributed by atoms with Gasteiger partial charge in [-0.1, -0.05) is 35.0 Å². The average Bonchev–Trinajstić information content (AvgIpc) is 2.47. The van der Waals surface area contributed by atoms with E-state index in [1.807, 2.05) is 24.3 Å². The fourth-order valence-electron chi connectivity index (χ4n) is 2.60. The number of halogens is 1. The Balaban J connectivity index is 1.94. The molecule has 1 aromatic carbocycles. The van der Waals surface area contributed by atoms with Crippen LogP contribution in [0.2, 0.25) is 0 Å². The molecule has 1 saturated heterocycles. The second-order valence-corrected chi connectivity index (χ2v) is 6.14. The standard InChI is InChI=1S/C15H21BrN2O/c1-2-15(8-3-9-17-11-15)14(19)18-10-12-4-6-13(16)7-5-12/h4-7,17H,2-3,8-11H2,1H3,(H,18,19). The minimum atomic E-state index is -0.215. The Hall–Kier alpha value is -0.870. The minimum Gasteiger partial charge on any atom is -0.352 e. The van der Waals surface area contributed by atoms with Crippen molar-refractivity contribution in [3.63, 3.8) is 0 Å². The van der Waals surface area contributed by atoms with E-state index in [0.717, 1.165) is 42.4 Å². The van der Waals surface area contributed by atoms with Crippen molar-refractivity contribution in [2.75, 3.05) is 13.1 Å². The highest BCUT2D eigenvalue weighted by atomic mass is 79.9. The number of piperidine rings is 1. The van der Waals surface area contributed by atoms with E-state index in [-0.39, 0.29) is 11.3 Å². The van der Waals surface area contributed by atoms with Gasteiger partial charge in [-0.05, 0) is 43.5 Å². The molecule has 1 aliphatic rings. The first kappa shape index (κ1) is 14.5. The van der Waals surface area contributed by atoms with Crippen molar-refractivity contribution in [2.45, 2.75) is 32.7 Å². The Morgan fingerprint density at radius 2 is 2.16 bits per heavy atom. The van der Waals surface area contributed by atoms with Gasteiger partial charge in [-0.2, -0.15) is 0 Å². The average molecular weight is 325 g/mol. The number of rotatable bonds is 4. The van der Waals surface area contributed by atoms with Gasteiger partial charge in [0.2, 0.25) is 5.91 Å². The second-order valence-electron chi connectivity index (χ2n) is 5.22. The predicted octanol–water partition coefficient (Wildman–Crippen LogP) is 2.85. The van der Waals surface area contributed by atoms with Gasteiger partial charge in [0.25, 0.3) is 0 Å². The third kappa shape index (κ3) is 3.57. The summed E-state index contributed by atoms with van der Waals surface area (Å²) in [6.07, 6.45) is 2.97. The monoisotopic (exact) mass is 324 g/mol. The van der Waals surface area contributed by atoms with Gasteiger partial charge in [-0.15, -0.1) is 0 Å². The lowest BCUT2D eigenvalue weighted by molar-refractivity contribution is -0.132. The number of benzene rings is 1. The molecule has 0 bridgehead atoms. The molecule has 1 unspecified atom stereocenters. The molecular formula is C15H21BrN2O. The van der Waals surface area contributed by atoms with E-state index >= 15 is 0 Å². The molecule has 0 radical (unpaired) electrons. The van der Waals surface area contributed by atoms with Crippen molar-refractivity contribution in [1.29, 1.82) is 0 Å². The first-order valence-electron chi connectivity index (χ1n) is 6.90. The number of amides is 1. The topological polar surface area (TPSA) is 41.1 Å². The first-order chi connectivity index (χ1) is 9.16. The third-order valence-electron chi connectivity index (χ3n) is 4.00. The molecule has 104 valence electrons. The summed E-state index contributed by atoms with van der Waals surface area (Å²) in [6, 6.07) is 8.06. The van der Waals surface area contributed by atoms with Crippen molar-refractivity contribution in [2.24, 2.45) is 5.41 Å². The molecule has 0 aromatic heterocycles. The number of carbonyl (C=O) groups is 1. The summed E-state index contributed by atoms with van der Waals surface area (Å²) in [6.45, 7) is 4.54. The second kappa shape index (κ2) is 6.53. The highest BCUT2D eigenvalue weighted by Gasteiger charge is 2.37. The maximum atomic E-state index is 12.4. The molecule has 0 spiro atoms. The number of hydrogen-bond acceptors (Lipinski definition) is 2. The van der Waals surface area contributed by atoms with Gasteiger partial charge in [-0.25, -0.2) is 0 Å². The van der Waals surface area contributed by atoms with Gasteiger partial charge >= 0.3 is 0 Å². The summed E-state index contributed by atoms with van der Waals surface area (Å²) in [5, 5.41) is 6.43.